The topological polar surface area (TPSA) is 55.4 Å². The van der Waals surface area contributed by atoms with Gasteiger partial charge in [-0.05, 0) is 19.3 Å². The van der Waals surface area contributed by atoms with Crippen molar-refractivity contribution in [3.63, 3.8) is 0 Å². The Morgan fingerprint density at radius 3 is 2.68 bits per heavy atom. The van der Waals surface area contributed by atoms with Gasteiger partial charge in [0.15, 0.2) is 0 Å². The van der Waals surface area contributed by atoms with E-state index < -0.39 is 5.60 Å². The highest BCUT2D eigenvalue weighted by molar-refractivity contribution is 6.17. The minimum Gasteiger partial charge on any atom is -0.357 e. The van der Waals surface area contributed by atoms with Crippen LogP contribution < -0.4 is 5.32 Å². The van der Waals surface area contributed by atoms with E-state index in [-0.39, 0.29) is 11.7 Å². The number of piperidine rings is 1. The summed E-state index contributed by atoms with van der Waals surface area (Å²) in [5.74, 6) is -0.510. The Hall–Kier alpha value is -1.68. The Morgan fingerprint density at radius 1 is 1.23 bits per heavy atom. The van der Waals surface area contributed by atoms with Crippen molar-refractivity contribution in [1.29, 1.82) is 0 Å². The Labute approximate surface area is 132 Å². The molecule has 1 heterocycles. The van der Waals surface area contributed by atoms with Gasteiger partial charge in [0.05, 0.1) is 0 Å². The number of Topliss-reactive ketones (excluding diaryl/α,β-unsaturated/α-hetero) is 1. The monoisotopic (exact) mass is 303 g/mol. The van der Waals surface area contributed by atoms with Crippen molar-refractivity contribution in [3.8, 4) is 0 Å². The number of ether oxygens (including phenoxy) is 1. The molecule has 0 spiro atoms. The second-order valence-corrected chi connectivity index (χ2v) is 5.79. The normalized spacial score (nSPS) is 21.4. The molecule has 1 saturated heterocycles. The molecule has 0 aromatic heterocycles. The summed E-state index contributed by atoms with van der Waals surface area (Å²) in [7, 11) is 0. The Kier molecular flexibility index (Phi) is 6.13. The van der Waals surface area contributed by atoms with E-state index >= 15 is 0 Å². The number of hydrogen-bond acceptors (Lipinski definition) is 3. The van der Waals surface area contributed by atoms with E-state index in [0.717, 1.165) is 32.1 Å². The molecule has 4 nitrogen and oxygen atoms in total. The Bertz CT molecular complexity index is 500. The van der Waals surface area contributed by atoms with Crippen LogP contribution in [0.4, 0.5) is 0 Å². The van der Waals surface area contributed by atoms with Gasteiger partial charge < -0.3 is 10.1 Å². The third kappa shape index (κ3) is 3.74. The maximum Gasteiger partial charge on any atom is 0.260 e. The number of carbonyl (C=O) groups is 2. The van der Waals surface area contributed by atoms with E-state index in [0.29, 0.717) is 25.1 Å². The molecular formula is C18H25NO3. The highest BCUT2D eigenvalue weighted by Crippen LogP contribution is 2.27. The van der Waals surface area contributed by atoms with Gasteiger partial charge in [0.1, 0.15) is 0 Å². The van der Waals surface area contributed by atoms with E-state index in [1.54, 1.807) is 12.1 Å². The van der Waals surface area contributed by atoms with Crippen molar-refractivity contribution >= 4 is 11.7 Å². The number of unbranched alkanes of at least 4 members (excludes halogenated alkanes) is 3. The van der Waals surface area contributed by atoms with Crippen LogP contribution in [0.1, 0.15) is 55.8 Å². The lowest BCUT2D eigenvalue weighted by molar-refractivity contribution is -0.144. The van der Waals surface area contributed by atoms with Crippen LogP contribution in [0.5, 0.6) is 0 Å². The lowest BCUT2D eigenvalue weighted by Crippen LogP contribution is -2.58. The highest BCUT2D eigenvalue weighted by atomic mass is 16.5. The molecule has 1 aromatic rings. The standard InChI is InChI=1S/C18H25NO3/c1-2-3-4-8-14-22-18(12-9-13-19-17(18)21)16(20)15-10-6-5-7-11-15/h5-7,10-11H,2-4,8-9,12-14H2,1H3,(H,19,21). The third-order valence-electron chi connectivity index (χ3n) is 4.11. The Balaban J connectivity index is 2.11. The SMILES string of the molecule is CCCCCCOC1(C(=O)c2ccccc2)CCCNC1=O. The maximum absolute atomic E-state index is 12.9. The molecule has 22 heavy (non-hydrogen) atoms. The van der Waals surface area contributed by atoms with Gasteiger partial charge in [0.25, 0.3) is 5.91 Å². The predicted molar refractivity (Wildman–Crippen MR) is 85.8 cm³/mol. The number of rotatable bonds is 8. The summed E-state index contributed by atoms with van der Waals surface area (Å²) in [5.41, 5.74) is -0.806. The summed E-state index contributed by atoms with van der Waals surface area (Å²) in [4.78, 5) is 25.3. The molecule has 1 fully saturated rings. The zero-order chi connectivity index (χ0) is 15.8. The average molecular weight is 303 g/mol. The average Bonchev–Trinajstić information content (AvgIpc) is 2.56. The van der Waals surface area contributed by atoms with Crippen LogP contribution in [0.3, 0.4) is 0 Å². The van der Waals surface area contributed by atoms with Gasteiger partial charge in [-0.15, -0.1) is 0 Å². The van der Waals surface area contributed by atoms with Crippen LogP contribution in [-0.2, 0) is 9.53 Å². The summed E-state index contributed by atoms with van der Waals surface area (Å²) in [6, 6.07) is 8.96. The minimum atomic E-state index is -1.34. The summed E-state index contributed by atoms with van der Waals surface area (Å²) < 4.78 is 5.88. The van der Waals surface area contributed by atoms with Crippen LogP contribution in [0.2, 0.25) is 0 Å². The van der Waals surface area contributed by atoms with Crippen molar-refractivity contribution in [2.75, 3.05) is 13.2 Å². The molecule has 1 amide bonds. The van der Waals surface area contributed by atoms with Crippen molar-refractivity contribution in [1.82, 2.24) is 5.32 Å². The Morgan fingerprint density at radius 2 is 2.00 bits per heavy atom. The molecule has 120 valence electrons. The number of carbonyl (C=O) groups excluding carboxylic acids is 2. The van der Waals surface area contributed by atoms with Gasteiger partial charge in [0.2, 0.25) is 11.4 Å². The van der Waals surface area contributed by atoms with Gasteiger partial charge in [-0.3, -0.25) is 9.59 Å². The van der Waals surface area contributed by atoms with Crippen molar-refractivity contribution in [2.45, 2.75) is 51.0 Å². The largest absolute Gasteiger partial charge is 0.357 e. The molecule has 0 radical (unpaired) electrons. The summed E-state index contributed by atoms with van der Waals surface area (Å²) in [6.45, 7) is 3.21. The van der Waals surface area contributed by atoms with Gasteiger partial charge in [-0.25, -0.2) is 0 Å². The van der Waals surface area contributed by atoms with Crippen LogP contribution in [0, 0.1) is 0 Å². The van der Waals surface area contributed by atoms with Gasteiger partial charge >= 0.3 is 0 Å². The molecule has 2 rings (SSSR count). The quantitative estimate of drug-likeness (QED) is 0.456. The summed E-state index contributed by atoms with van der Waals surface area (Å²) in [5, 5.41) is 2.79. The van der Waals surface area contributed by atoms with E-state index in [1.165, 1.54) is 0 Å². The molecule has 0 saturated carbocycles. The molecule has 1 N–H and O–H groups in total. The van der Waals surface area contributed by atoms with Crippen molar-refractivity contribution in [2.24, 2.45) is 0 Å². The lowest BCUT2D eigenvalue weighted by atomic mass is 9.85. The predicted octanol–water partition coefficient (Wildman–Crippen LogP) is 3.12. The number of hydrogen-bond donors (Lipinski definition) is 1. The zero-order valence-electron chi connectivity index (χ0n) is 13.3. The first-order valence-corrected chi connectivity index (χ1v) is 8.23. The van der Waals surface area contributed by atoms with Gasteiger partial charge in [-0.2, -0.15) is 0 Å². The van der Waals surface area contributed by atoms with Gasteiger partial charge in [0, 0.05) is 18.7 Å². The zero-order valence-corrected chi connectivity index (χ0v) is 13.3. The fraction of sp³-hybridized carbons (Fsp3) is 0.556. The summed E-state index contributed by atoms with van der Waals surface area (Å²) in [6.07, 6.45) is 5.46. The van der Waals surface area contributed by atoms with E-state index in [2.05, 4.69) is 12.2 Å². The number of ketones is 1. The van der Waals surface area contributed by atoms with Crippen LogP contribution in [0.15, 0.2) is 30.3 Å². The first kappa shape index (κ1) is 16.7. The van der Waals surface area contributed by atoms with Crippen LogP contribution >= 0.6 is 0 Å². The molecule has 0 bridgehead atoms. The first-order chi connectivity index (χ1) is 10.7. The fourth-order valence-electron chi connectivity index (χ4n) is 2.81. The van der Waals surface area contributed by atoms with Crippen molar-refractivity contribution in [3.05, 3.63) is 35.9 Å². The molecule has 1 aliphatic heterocycles. The smallest absolute Gasteiger partial charge is 0.260 e. The number of amides is 1. The fourth-order valence-corrected chi connectivity index (χ4v) is 2.81. The molecule has 1 aromatic carbocycles. The molecule has 0 aliphatic carbocycles. The number of nitrogens with one attached hydrogen (secondary N) is 1. The third-order valence-corrected chi connectivity index (χ3v) is 4.11. The second-order valence-electron chi connectivity index (χ2n) is 5.79. The summed E-state index contributed by atoms with van der Waals surface area (Å²) >= 11 is 0. The second kappa shape index (κ2) is 8.08. The number of benzene rings is 1. The van der Waals surface area contributed by atoms with E-state index in [4.69, 9.17) is 4.74 Å². The molecule has 1 atom stereocenters. The molecule has 1 aliphatic rings. The lowest BCUT2D eigenvalue weighted by Gasteiger charge is -2.34. The molecule has 4 heteroatoms. The van der Waals surface area contributed by atoms with Gasteiger partial charge in [-0.1, -0.05) is 56.5 Å². The van der Waals surface area contributed by atoms with E-state index in [9.17, 15) is 9.59 Å². The van der Waals surface area contributed by atoms with Crippen LogP contribution in [0.25, 0.3) is 0 Å². The highest BCUT2D eigenvalue weighted by Gasteiger charge is 2.48. The maximum atomic E-state index is 12.9. The first-order valence-electron chi connectivity index (χ1n) is 8.23. The minimum absolute atomic E-state index is 0.221. The van der Waals surface area contributed by atoms with E-state index in [1.807, 2.05) is 18.2 Å². The van der Waals surface area contributed by atoms with Crippen molar-refractivity contribution < 1.29 is 14.3 Å². The van der Waals surface area contributed by atoms with Crippen LogP contribution in [-0.4, -0.2) is 30.4 Å². The molecular weight excluding hydrogens is 278 g/mol. The molecule has 1 unspecified atom stereocenters.